The van der Waals surface area contributed by atoms with Gasteiger partial charge in [0.1, 0.15) is 12.7 Å². The second-order valence-electron chi connectivity index (χ2n) is 4.06. The first-order valence-corrected chi connectivity index (χ1v) is 5.16. The molecule has 0 amide bonds. The fourth-order valence-electron chi connectivity index (χ4n) is 1.18. The first kappa shape index (κ1) is 18.8. The Hall–Kier alpha value is -1.27. The van der Waals surface area contributed by atoms with E-state index in [1.807, 2.05) is 0 Å². The number of allylic oxidation sites excluding steroid dienone is 2. The summed E-state index contributed by atoms with van der Waals surface area (Å²) < 4.78 is 145. The average molecular weight is 354 g/mol. The molecule has 130 valence electrons. The van der Waals surface area contributed by atoms with E-state index >= 15 is 0 Å². The van der Waals surface area contributed by atoms with Crippen LogP contribution in [0.3, 0.4) is 0 Å². The second-order valence-corrected chi connectivity index (χ2v) is 4.06. The molecule has 0 spiro atoms. The van der Waals surface area contributed by atoms with Crippen molar-refractivity contribution in [2.75, 3.05) is 13.2 Å². The van der Waals surface area contributed by atoms with Crippen molar-refractivity contribution in [1.29, 1.82) is 0 Å². The third kappa shape index (κ3) is 3.55. The summed E-state index contributed by atoms with van der Waals surface area (Å²) in [6, 6.07) is 0. The molecule has 0 saturated carbocycles. The minimum atomic E-state index is -7.02. The Morgan fingerprint density at radius 3 is 1.59 bits per heavy atom. The van der Waals surface area contributed by atoms with Crippen molar-refractivity contribution in [3.63, 3.8) is 0 Å². The van der Waals surface area contributed by atoms with E-state index in [0.29, 0.717) is 0 Å². The van der Waals surface area contributed by atoms with Gasteiger partial charge >= 0.3 is 24.2 Å². The summed E-state index contributed by atoms with van der Waals surface area (Å²) in [6.07, 6.45) is -21.2. The van der Waals surface area contributed by atoms with Crippen LogP contribution in [0.15, 0.2) is 11.6 Å². The van der Waals surface area contributed by atoms with Crippen molar-refractivity contribution >= 4 is 0 Å². The molecule has 1 saturated heterocycles. The topological polar surface area (TPSA) is 21.8 Å². The lowest BCUT2D eigenvalue weighted by Gasteiger charge is -2.29. The monoisotopic (exact) mass is 354 g/mol. The van der Waals surface area contributed by atoms with Crippen LogP contribution in [0.4, 0.5) is 48.3 Å². The lowest BCUT2D eigenvalue weighted by molar-refractivity contribution is -0.333. The number of epoxide rings is 1. The molecule has 0 aromatic carbocycles. The van der Waals surface area contributed by atoms with Crippen molar-refractivity contribution in [3.8, 4) is 0 Å². The summed E-state index contributed by atoms with van der Waals surface area (Å²) in [7, 11) is 0. The van der Waals surface area contributed by atoms with E-state index in [1.165, 1.54) is 0 Å². The molecule has 0 bridgehead atoms. The lowest BCUT2D eigenvalue weighted by atomic mass is 10.0. The normalized spacial score (nSPS) is 21.5. The van der Waals surface area contributed by atoms with Gasteiger partial charge in [-0.05, 0) is 0 Å². The van der Waals surface area contributed by atoms with Crippen LogP contribution in [0, 0.1) is 0 Å². The van der Waals surface area contributed by atoms with Gasteiger partial charge in [0.2, 0.25) is 11.6 Å². The number of ether oxygens (including phenoxy) is 2. The number of hydrogen-bond donors (Lipinski definition) is 0. The second kappa shape index (κ2) is 5.42. The van der Waals surface area contributed by atoms with Gasteiger partial charge in [0, 0.05) is 0 Å². The van der Waals surface area contributed by atoms with Gasteiger partial charge in [0.15, 0.2) is 0 Å². The lowest BCUT2D eigenvalue weighted by Crippen LogP contribution is -2.54. The number of rotatable bonds is 4. The molecular weight excluding hydrogens is 349 g/mol. The highest BCUT2D eigenvalue weighted by atomic mass is 19.4. The molecule has 0 radical (unpaired) electrons. The Morgan fingerprint density at radius 2 is 1.32 bits per heavy atom. The predicted molar refractivity (Wildman–Crippen MR) is 45.8 cm³/mol. The van der Waals surface area contributed by atoms with Crippen LogP contribution < -0.4 is 0 Å². The van der Waals surface area contributed by atoms with E-state index in [9.17, 15) is 48.3 Å². The standard InChI is InChI=1S/C9H5F11O2/c10-4(6(11,8(15,16)17)9(18,19)20)5(7(12,13)14)22-2-3-1-21-3/h3H,1-2H2. The third-order valence-electron chi connectivity index (χ3n) is 2.36. The van der Waals surface area contributed by atoms with Gasteiger partial charge in [-0.2, -0.15) is 39.5 Å². The Bertz CT molecular complexity index is 426. The Kier molecular flexibility index (Phi) is 4.63. The molecule has 13 heteroatoms. The van der Waals surface area contributed by atoms with E-state index < -0.39 is 48.5 Å². The summed E-state index contributed by atoms with van der Waals surface area (Å²) in [6.45, 7) is -1.37. The van der Waals surface area contributed by atoms with Crippen molar-refractivity contribution < 1.29 is 57.8 Å². The molecule has 1 unspecified atom stereocenters. The van der Waals surface area contributed by atoms with Crippen LogP contribution >= 0.6 is 0 Å². The summed E-state index contributed by atoms with van der Waals surface area (Å²) in [5.74, 6) is -7.51. The molecule has 1 aliphatic heterocycles. The summed E-state index contributed by atoms with van der Waals surface area (Å²) in [5.41, 5.74) is -6.85. The van der Waals surface area contributed by atoms with Gasteiger partial charge in [-0.15, -0.1) is 0 Å². The fraction of sp³-hybridized carbons (Fsp3) is 0.778. The van der Waals surface area contributed by atoms with Crippen LogP contribution in [0.25, 0.3) is 0 Å². The van der Waals surface area contributed by atoms with Crippen molar-refractivity contribution in [1.82, 2.24) is 0 Å². The zero-order valence-corrected chi connectivity index (χ0v) is 9.97. The molecule has 1 heterocycles. The molecule has 0 aromatic rings. The number of hydrogen-bond acceptors (Lipinski definition) is 2. The van der Waals surface area contributed by atoms with Crippen molar-refractivity contribution in [2.24, 2.45) is 0 Å². The molecule has 2 nitrogen and oxygen atoms in total. The van der Waals surface area contributed by atoms with Gasteiger partial charge in [0.25, 0.3) is 0 Å². The predicted octanol–water partition coefficient (Wildman–Crippen LogP) is 3.98. The van der Waals surface area contributed by atoms with Gasteiger partial charge in [0.05, 0.1) is 6.61 Å². The molecule has 0 aromatic heterocycles. The van der Waals surface area contributed by atoms with Crippen LogP contribution in [0.2, 0.25) is 0 Å². The van der Waals surface area contributed by atoms with Gasteiger partial charge in [-0.25, -0.2) is 8.78 Å². The summed E-state index contributed by atoms with van der Waals surface area (Å²) in [4.78, 5) is 0. The Balaban J connectivity index is 3.38. The molecule has 1 fully saturated rings. The smallest absolute Gasteiger partial charge is 0.451 e. The zero-order valence-electron chi connectivity index (χ0n) is 9.97. The van der Waals surface area contributed by atoms with Gasteiger partial charge < -0.3 is 9.47 Å². The van der Waals surface area contributed by atoms with Crippen molar-refractivity contribution in [3.05, 3.63) is 11.6 Å². The molecular formula is C9H5F11O2. The highest BCUT2D eigenvalue weighted by Crippen LogP contribution is 2.53. The third-order valence-corrected chi connectivity index (χ3v) is 2.36. The molecule has 22 heavy (non-hydrogen) atoms. The highest BCUT2D eigenvalue weighted by molar-refractivity contribution is 5.23. The Labute approximate surface area is 114 Å². The van der Waals surface area contributed by atoms with Crippen LogP contribution in [0.1, 0.15) is 0 Å². The largest absolute Gasteiger partial charge is 0.484 e. The first-order chi connectivity index (χ1) is 9.62. The minimum absolute atomic E-state index is 0.188. The molecule has 1 aliphatic rings. The van der Waals surface area contributed by atoms with Crippen LogP contribution in [-0.4, -0.2) is 43.5 Å². The van der Waals surface area contributed by atoms with Crippen LogP contribution in [-0.2, 0) is 9.47 Å². The van der Waals surface area contributed by atoms with Gasteiger partial charge in [-0.3, -0.25) is 0 Å². The maximum absolute atomic E-state index is 13.3. The SMILES string of the molecule is FC(=C(OCC1CO1)C(F)(F)F)C(F)(C(F)(F)F)C(F)(F)F. The fourth-order valence-corrected chi connectivity index (χ4v) is 1.18. The van der Waals surface area contributed by atoms with Gasteiger partial charge in [-0.1, -0.05) is 0 Å². The van der Waals surface area contributed by atoms with Crippen LogP contribution in [0.5, 0.6) is 0 Å². The maximum atomic E-state index is 13.3. The van der Waals surface area contributed by atoms with E-state index in [4.69, 9.17) is 0 Å². The molecule has 1 rings (SSSR count). The summed E-state index contributed by atoms with van der Waals surface area (Å²) >= 11 is 0. The quantitative estimate of drug-likeness (QED) is 0.433. The average Bonchev–Trinajstić information content (AvgIpc) is 3.06. The maximum Gasteiger partial charge on any atom is 0.451 e. The molecule has 0 N–H and O–H groups in total. The number of alkyl halides is 10. The zero-order chi connectivity index (χ0) is 17.6. The number of halogens is 11. The molecule has 0 aliphatic carbocycles. The van der Waals surface area contributed by atoms with E-state index in [2.05, 4.69) is 9.47 Å². The Morgan fingerprint density at radius 1 is 0.909 bits per heavy atom. The van der Waals surface area contributed by atoms with Crippen molar-refractivity contribution in [2.45, 2.75) is 30.3 Å². The van der Waals surface area contributed by atoms with E-state index in [1.54, 1.807) is 0 Å². The van der Waals surface area contributed by atoms with E-state index in [0.717, 1.165) is 0 Å². The summed E-state index contributed by atoms with van der Waals surface area (Å²) in [5, 5.41) is 0. The molecule has 1 atom stereocenters. The van der Waals surface area contributed by atoms with E-state index in [-0.39, 0.29) is 6.61 Å². The highest BCUT2D eigenvalue weighted by Gasteiger charge is 2.77. The minimum Gasteiger partial charge on any atom is -0.484 e. The first-order valence-electron chi connectivity index (χ1n) is 5.16.